The number of hydrogen-bond donors (Lipinski definition) is 0. The summed E-state index contributed by atoms with van der Waals surface area (Å²) in [6.45, 7) is 3.99. The van der Waals surface area contributed by atoms with E-state index in [1.165, 1.54) is 5.56 Å². The van der Waals surface area contributed by atoms with Gasteiger partial charge in [0.1, 0.15) is 5.69 Å². The van der Waals surface area contributed by atoms with Crippen LogP contribution in [0.1, 0.15) is 18.4 Å². The second-order valence-electron chi connectivity index (χ2n) is 3.41. The van der Waals surface area contributed by atoms with Crippen molar-refractivity contribution in [2.75, 3.05) is 0 Å². The normalized spacial score (nSPS) is 10.6. The third-order valence-corrected chi connectivity index (χ3v) is 2.87. The Labute approximate surface area is 97.5 Å². The lowest BCUT2D eigenvalue weighted by atomic mass is 10.1. The smallest absolute Gasteiger partial charge is 0.197 e. The number of aromatic nitrogens is 1. The minimum absolute atomic E-state index is 0.677. The summed E-state index contributed by atoms with van der Waals surface area (Å²) in [4.78, 5) is 4.32. The Morgan fingerprint density at radius 3 is 2.40 bits per heavy atom. The summed E-state index contributed by atoms with van der Waals surface area (Å²) in [5.74, 6) is 0.677. The van der Waals surface area contributed by atoms with Gasteiger partial charge in [0.25, 0.3) is 0 Å². The van der Waals surface area contributed by atoms with Crippen LogP contribution in [0.15, 0.2) is 33.4 Å². The molecular formula is C12H12BrNO. The predicted molar refractivity (Wildman–Crippen MR) is 63.8 cm³/mol. The maximum atomic E-state index is 5.33. The molecule has 0 spiro atoms. The number of halogens is 1. The molecule has 0 aliphatic heterocycles. The van der Waals surface area contributed by atoms with E-state index in [1.807, 2.05) is 6.92 Å². The van der Waals surface area contributed by atoms with Gasteiger partial charge in [-0.1, -0.05) is 31.2 Å². The average molecular weight is 266 g/mol. The van der Waals surface area contributed by atoms with E-state index in [2.05, 4.69) is 52.1 Å². The molecule has 0 saturated heterocycles. The van der Waals surface area contributed by atoms with Crippen LogP contribution in [0.25, 0.3) is 11.3 Å². The van der Waals surface area contributed by atoms with Gasteiger partial charge in [-0.15, -0.1) is 0 Å². The van der Waals surface area contributed by atoms with Gasteiger partial charge < -0.3 is 4.42 Å². The van der Waals surface area contributed by atoms with Gasteiger partial charge in [0.05, 0.1) is 0 Å². The van der Waals surface area contributed by atoms with Crippen molar-refractivity contribution in [1.29, 1.82) is 0 Å². The Hall–Kier alpha value is -1.09. The van der Waals surface area contributed by atoms with Crippen molar-refractivity contribution in [1.82, 2.24) is 4.98 Å². The first-order valence-corrected chi connectivity index (χ1v) is 5.72. The largest absolute Gasteiger partial charge is 0.434 e. The fourth-order valence-electron chi connectivity index (χ4n) is 1.48. The van der Waals surface area contributed by atoms with Gasteiger partial charge in [-0.05, 0) is 27.9 Å². The van der Waals surface area contributed by atoms with Crippen LogP contribution < -0.4 is 0 Å². The van der Waals surface area contributed by atoms with E-state index < -0.39 is 0 Å². The molecule has 1 aromatic carbocycles. The topological polar surface area (TPSA) is 26.0 Å². The Morgan fingerprint density at radius 2 is 1.93 bits per heavy atom. The quantitative estimate of drug-likeness (QED) is 0.821. The van der Waals surface area contributed by atoms with Crippen LogP contribution in [0.4, 0.5) is 0 Å². The predicted octanol–water partition coefficient (Wildman–Crippen LogP) is 3.97. The van der Waals surface area contributed by atoms with Crippen molar-refractivity contribution >= 4 is 15.9 Å². The Morgan fingerprint density at radius 1 is 1.27 bits per heavy atom. The number of aryl methyl sites for hydroxylation is 2. The first kappa shape index (κ1) is 10.4. The van der Waals surface area contributed by atoms with Crippen LogP contribution in [-0.4, -0.2) is 4.98 Å². The van der Waals surface area contributed by atoms with Crippen LogP contribution in [-0.2, 0) is 6.42 Å². The molecule has 78 valence electrons. The Balaban J connectivity index is 2.41. The monoisotopic (exact) mass is 265 g/mol. The zero-order valence-electron chi connectivity index (χ0n) is 8.75. The van der Waals surface area contributed by atoms with Gasteiger partial charge in [0.2, 0.25) is 0 Å². The molecule has 0 atom stereocenters. The molecule has 0 unspecified atom stereocenters. The van der Waals surface area contributed by atoms with Gasteiger partial charge in [0.15, 0.2) is 10.6 Å². The fourth-order valence-corrected chi connectivity index (χ4v) is 2.03. The number of hydrogen-bond acceptors (Lipinski definition) is 2. The highest BCUT2D eigenvalue weighted by Gasteiger charge is 2.09. The molecule has 1 aromatic heterocycles. The molecule has 0 N–H and O–H groups in total. The van der Waals surface area contributed by atoms with Crippen molar-refractivity contribution < 1.29 is 4.42 Å². The first-order valence-electron chi connectivity index (χ1n) is 4.93. The van der Waals surface area contributed by atoms with E-state index in [-0.39, 0.29) is 0 Å². The Kier molecular flexibility index (Phi) is 2.91. The first-order chi connectivity index (χ1) is 7.20. The maximum Gasteiger partial charge on any atom is 0.197 e. The van der Waals surface area contributed by atoms with E-state index in [0.717, 1.165) is 17.7 Å². The molecule has 0 fully saturated rings. The zero-order valence-corrected chi connectivity index (χ0v) is 10.3. The van der Waals surface area contributed by atoms with E-state index in [9.17, 15) is 0 Å². The van der Waals surface area contributed by atoms with E-state index >= 15 is 0 Å². The molecule has 0 aliphatic rings. The van der Waals surface area contributed by atoms with Crippen molar-refractivity contribution in [3.05, 3.63) is 40.4 Å². The number of oxazole rings is 1. The summed E-state index contributed by atoms with van der Waals surface area (Å²) in [7, 11) is 0. The lowest BCUT2D eigenvalue weighted by molar-refractivity contribution is 0.500. The highest BCUT2D eigenvalue weighted by molar-refractivity contribution is 9.10. The second-order valence-corrected chi connectivity index (χ2v) is 4.13. The van der Waals surface area contributed by atoms with E-state index in [4.69, 9.17) is 4.42 Å². The lowest BCUT2D eigenvalue weighted by Gasteiger charge is -1.99. The van der Waals surface area contributed by atoms with Crippen molar-refractivity contribution in [3.8, 4) is 11.3 Å². The molecule has 0 amide bonds. The zero-order chi connectivity index (χ0) is 10.8. The molecule has 3 heteroatoms. The number of nitrogens with zero attached hydrogens (tertiary/aromatic N) is 1. The molecule has 15 heavy (non-hydrogen) atoms. The minimum Gasteiger partial charge on any atom is -0.434 e. The molecule has 0 radical (unpaired) electrons. The van der Waals surface area contributed by atoms with Crippen LogP contribution in [0, 0.1) is 6.92 Å². The average Bonchev–Trinajstić information content (AvgIpc) is 2.58. The fraction of sp³-hybridized carbons (Fsp3) is 0.250. The summed E-state index contributed by atoms with van der Waals surface area (Å²) < 4.78 is 6.03. The van der Waals surface area contributed by atoms with Crippen LogP contribution in [0.2, 0.25) is 0 Å². The highest BCUT2D eigenvalue weighted by atomic mass is 79.9. The summed E-state index contributed by atoms with van der Waals surface area (Å²) >= 11 is 3.36. The van der Waals surface area contributed by atoms with E-state index in [0.29, 0.717) is 10.6 Å². The molecule has 2 aromatic rings. The summed E-state index contributed by atoms with van der Waals surface area (Å²) in [5, 5.41) is 0. The van der Waals surface area contributed by atoms with Crippen LogP contribution in [0.5, 0.6) is 0 Å². The highest BCUT2D eigenvalue weighted by Crippen LogP contribution is 2.28. The lowest BCUT2D eigenvalue weighted by Crippen LogP contribution is -1.82. The molecular weight excluding hydrogens is 254 g/mol. The van der Waals surface area contributed by atoms with Crippen LogP contribution >= 0.6 is 15.9 Å². The van der Waals surface area contributed by atoms with Crippen molar-refractivity contribution in [2.24, 2.45) is 0 Å². The second kappa shape index (κ2) is 4.19. The number of rotatable bonds is 2. The third-order valence-electron chi connectivity index (χ3n) is 2.33. The van der Waals surface area contributed by atoms with Crippen molar-refractivity contribution in [3.63, 3.8) is 0 Å². The van der Waals surface area contributed by atoms with Gasteiger partial charge in [-0.25, -0.2) is 4.98 Å². The summed E-state index contributed by atoms with van der Waals surface area (Å²) in [6.07, 6.45) is 1.05. The molecule has 0 aliphatic carbocycles. The van der Waals surface area contributed by atoms with Gasteiger partial charge in [-0.2, -0.15) is 0 Å². The standard InChI is InChI=1S/C12H12BrNO/c1-3-9-4-6-10(7-5-9)11-12(13)15-8(2)14-11/h4-7H,3H2,1-2H3. The molecule has 0 saturated carbocycles. The number of benzene rings is 1. The Bertz CT molecular complexity index is 459. The molecule has 1 heterocycles. The summed E-state index contributed by atoms with van der Waals surface area (Å²) in [6, 6.07) is 8.37. The minimum atomic E-state index is 0.677. The maximum absolute atomic E-state index is 5.33. The van der Waals surface area contributed by atoms with Crippen molar-refractivity contribution in [2.45, 2.75) is 20.3 Å². The molecule has 2 rings (SSSR count). The molecule has 2 nitrogen and oxygen atoms in total. The molecule has 0 bridgehead atoms. The third kappa shape index (κ3) is 2.12. The van der Waals surface area contributed by atoms with Gasteiger partial charge in [0, 0.05) is 12.5 Å². The SMILES string of the molecule is CCc1ccc(-c2nc(C)oc2Br)cc1. The summed E-state index contributed by atoms with van der Waals surface area (Å²) in [5.41, 5.74) is 3.28. The van der Waals surface area contributed by atoms with Gasteiger partial charge in [-0.3, -0.25) is 0 Å². The van der Waals surface area contributed by atoms with E-state index in [1.54, 1.807) is 0 Å². The van der Waals surface area contributed by atoms with Crippen LogP contribution in [0.3, 0.4) is 0 Å². The van der Waals surface area contributed by atoms with Gasteiger partial charge >= 0.3 is 0 Å².